The molecule has 6 heteroatoms. The molecule has 0 radical (unpaired) electrons. The van der Waals surface area contributed by atoms with E-state index in [1.165, 1.54) is 4.70 Å². The summed E-state index contributed by atoms with van der Waals surface area (Å²) < 4.78 is 1.20. The first-order valence-electron chi connectivity index (χ1n) is 9.90. The third kappa shape index (κ3) is 4.90. The maximum absolute atomic E-state index is 12.0. The molecule has 0 bridgehead atoms. The van der Waals surface area contributed by atoms with Crippen LogP contribution in [0.3, 0.4) is 0 Å². The monoisotopic (exact) mass is 405 g/mol. The quantitative estimate of drug-likeness (QED) is 0.474. The molecule has 1 saturated heterocycles. The summed E-state index contributed by atoms with van der Waals surface area (Å²) in [5.41, 5.74) is 2.90. The van der Waals surface area contributed by atoms with Crippen LogP contribution in [0.15, 0.2) is 54.6 Å². The highest BCUT2D eigenvalue weighted by Crippen LogP contribution is 2.23. The van der Waals surface area contributed by atoms with Gasteiger partial charge in [0.15, 0.2) is 0 Å². The van der Waals surface area contributed by atoms with Crippen LogP contribution in [0, 0.1) is 0 Å². The molecule has 1 aliphatic rings. The summed E-state index contributed by atoms with van der Waals surface area (Å²) in [5, 5.41) is 4.02. The Morgan fingerprint density at radius 2 is 2.00 bits per heavy atom. The van der Waals surface area contributed by atoms with Gasteiger partial charge in [0.25, 0.3) is 0 Å². The number of aryl methyl sites for hydroxylation is 1. The number of rotatable bonds is 7. The van der Waals surface area contributed by atoms with Gasteiger partial charge < -0.3 is 10.2 Å². The number of nitrogens with one attached hydrogen (secondary N) is 1. The molecule has 1 fully saturated rings. The lowest BCUT2D eigenvalue weighted by atomic mass is 10.2. The van der Waals surface area contributed by atoms with Crippen molar-refractivity contribution in [1.29, 1.82) is 0 Å². The van der Waals surface area contributed by atoms with E-state index in [-0.39, 0.29) is 11.8 Å². The fourth-order valence-electron chi connectivity index (χ4n) is 3.40. The van der Waals surface area contributed by atoms with Gasteiger partial charge in [-0.3, -0.25) is 9.59 Å². The van der Waals surface area contributed by atoms with Gasteiger partial charge in [-0.25, -0.2) is 4.98 Å². The second kappa shape index (κ2) is 9.01. The molecule has 29 heavy (non-hydrogen) atoms. The summed E-state index contributed by atoms with van der Waals surface area (Å²) in [6.45, 7) is 1.41. The molecule has 2 heterocycles. The number of thiazole rings is 1. The number of fused-ring (bicyclic) bond motifs is 1. The molecule has 0 saturated carbocycles. The summed E-state index contributed by atoms with van der Waals surface area (Å²) in [4.78, 5) is 30.2. The number of carbonyl (C=O) groups excluding carboxylic acids is 2. The van der Waals surface area contributed by atoms with Crippen LogP contribution < -0.4 is 10.2 Å². The Kier molecular flexibility index (Phi) is 6.00. The minimum atomic E-state index is -0.104. The standard InChI is InChI=1S/C23H23N3O2S/c27-21(24-15-3-7-22-25-19-5-1-2-6-20(19)29-22)14-11-17-9-12-18(13-10-17)26-16-4-8-23(26)28/h1-2,5-6,9-14H,3-4,7-8,15-16H2,(H,24,27)/b14-11+. The number of carbonyl (C=O) groups is 2. The molecule has 2 amide bonds. The van der Waals surface area contributed by atoms with Gasteiger partial charge in [0.1, 0.15) is 0 Å². The van der Waals surface area contributed by atoms with Crippen LogP contribution in [0.5, 0.6) is 0 Å². The Hall–Kier alpha value is -2.99. The van der Waals surface area contributed by atoms with Crippen LogP contribution >= 0.6 is 11.3 Å². The Bertz CT molecular complexity index is 1010. The van der Waals surface area contributed by atoms with E-state index in [9.17, 15) is 9.59 Å². The second-order valence-electron chi connectivity index (χ2n) is 7.04. The fraction of sp³-hybridized carbons (Fsp3) is 0.261. The first-order valence-corrected chi connectivity index (χ1v) is 10.7. The van der Waals surface area contributed by atoms with Crippen LogP contribution in [0.4, 0.5) is 5.69 Å². The van der Waals surface area contributed by atoms with Crippen LogP contribution in [0.1, 0.15) is 29.8 Å². The minimum Gasteiger partial charge on any atom is -0.353 e. The molecule has 3 aromatic rings. The van der Waals surface area contributed by atoms with E-state index in [4.69, 9.17) is 0 Å². The van der Waals surface area contributed by atoms with Crippen molar-refractivity contribution in [2.24, 2.45) is 0 Å². The molecule has 2 aromatic carbocycles. The Balaban J connectivity index is 1.22. The van der Waals surface area contributed by atoms with Crippen LogP contribution in [-0.2, 0) is 16.0 Å². The highest BCUT2D eigenvalue weighted by atomic mass is 32.1. The predicted octanol–water partition coefficient (Wildman–Crippen LogP) is 4.19. The van der Waals surface area contributed by atoms with Crippen LogP contribution in [0.2, 0.25) is 0 Å². The molecule has 0 aliphatic carbocycles. The smallest absolute Gasteiger partial charge is 0.243 e. The maximum Gasteiger partial charge on any atom is 0.243 e. The first kappa shape index (κ1) is 19.3. The van der Waals surface area contributed by atoms with Crippen molar-refractivity contribution in [2.75, 3.05) is 18.0 Å². The molecule has 5 nitrogen and oxygen atoms in total. The third-order valence-electron chi connectivity index (χ3n) is 4.91. The molecule has 1 aliphatic heterocycles. The lowest BCUT2D eigenvalue weighted by molar-refractivity contribution is -0.117. The molecule has 1 aromatic heterocycles. The van der Waals surface area contributed by atoms with Crippen molar-refractivity contribution in [2.45, 2.75) is 25.7 Å². The van der Waals surface area contributed by atoms with Gasteiger partial charge in [0.05, 0.1) is 15.2 Å². The van der Waals surface area contributed by atoms with Gasteiger partial charge >= 0.3 is 0 Å². The number of para-hydroxylation sites is 1. The van der Waals surface area contributed by atoms with E-state index in [1.54, 1.807) is 23.5 Å². The van der Waals surface area contributed by atoms with Crippen molar-refractivity contribution < 1.29 is 9.59 Å². The average molecular weight is 406 g/mol. The van der Waals surface area contributed by atoms with Crippen molar-refractivity contribution >= 4 is 45.1 Å². The zero-order chi connectivity index (χ0) is 20.1. The van der Waals surface area contributed by atoms with Gasteiger partial charge in [-0.15, -0.1) is 11.3 Å². The van der Waals surface area contributed by atoms with Gasteiger partial charge in [-0.05, 0) is 48.7 Å². The second-order valence-corrected chi connectivity index (χ2v) is 8.16. The largest absolute Gasteiger partial charge is 0.353 e. The van der Waals surface area contributed by atoms with Gasteiger partial charge in [-0.1, -0.05) is 24.3 Å². The van der Waals surface area contributed by atoms with E-state index in [2.05, 4.69) is 16.4 Å². The normalized spacial score (nSPS) is 14.2. The molecule has 4 rings (SSSR count). The van der Waals surface area contributed by atoms with Gasteiger partial charge in [-0.2, -0.15) is 0 Å². The number of benzene rings is 2. The van der Waals surface area contributed by atoms with E-state index in [0.717, 1.165) is 47.6 Å². The highest BCUT2D eigenvalue weighted by molar-refractivity contribution is 7.18. The summed E-state index contributed by atoms with van der Waals surface area (Å²) in [6, 6.07) is 15.8. The Labute approximate surface area is 174 Å². The van der Waals surface area contributed by atoms with E-state index < -0.39 is 0 Å². The van der Waals surface area contributed by atoms with E-state index in [1.807, 2.05) is 47.4 Å². The maximum atomic E-state index is 12.0. The summed E-state index contributed by atoms with van der Waals surface area (Å²) in [6.07, 6.45) is 6.60. The Morgan fingerprint density at radius 1 is 1.17 bits per heavy atom. The van der Waals surface area contributed by atoms with Gasteiger partial charge in [0, 0.05) is 37.7 Å². The van der Waals surface area contributed by atoms with Crippen molar-refractivity contribution in [3.05, 3.63) is 65.2 Å². The predicted molar refractivity (Wildman–Crippen MR) is 118 cm³/mol. The third-order valence-corrected chi connectivity index (χ3v) is 6.01. The van der Waals surface area contributed by atoms with Crippen molar-refractivity contribution in [3.8, 4) is 0 Å². The van der Waals surface area contributed by atoms with Crippen LogP contribution in [0.25, 0.3) is 16.3 Å². The summed E-state index contributed by atoms with van der Waals surface area (Å²) >= 11 is 1.71. The molecule has 1 N–H and O–H groups in total. The van der Waals surface area contributed by atoms with E-state index >= 15 is 0 Å². The SMILES string of the molecule is O=C(/C=C/c1ccc(N2CCCC2=O)cc1)NCCCc1nc2ccccc2s1. The number of amides is 2. The number of hydrogen-bond acceptors (Lipinski definition) is 4. The molecule has 0 atom stereocenters. The zero-order valence-corrected chi connectivity index (χ0v) is 17.0. The van der Waals surface area contributed by atoms with Gasteiger partial charge in [0.2, 0.25) is 11.8 Å². The van der Waals surface area contributed by atoms with Crippen LogP contribution in [-0.4, -0.2) is 29.9 Å². The number of aromatic nitrogens is 1. The Morgan fingerprint density at radius 3 is 2.76 bits per heavy atom. The van der Waals surface area contributed by atoms with Crippen molar-refractivity contribution in [3.63, 3.8) is 0 Å². The molecule has 148 valence electrons. The average Bonchev–Trinajstić information content (AvgIpc) is 3.35. The number of anilines is 1. The lowest BCUT2D eigenvalue weighted by Crippen LogP contribution is -2.23. The lowest BCUT2D eigenvalue weighted by Gasteiger charge is -2.15. The molecule has 0 unspecified atom stereocenters. The number of hydrogen-bond donors (Lipinski definition) is 1. The highest BCUT2D eigenvalue weighted by Gasteiger charge is 2.21. The van der Waals surface area contributed by atoms with E-state index in [0.29, 0.717) is 13.0 Å². The first-order chi connectivity index (χ1) is 14.2. The summed E-state index contributed by atoms with van der Waals surface area (Å²) in [5.74, 6) is 0.0756. The molecular formula is C23H23N3O2S. The van der Waals surface area contributed by atoms with Crippen molar-refractivity contribution in [1.82, 2.24) is 10.3 Å². The molecule has 0 spiro atoms. The minimum absolute atomic E-state index is 0.104. The fourth-order valence-corrected chi connectivity index (χ4v) is 4.40. The summed E-state index contributed by atoms with van der Waals surface area (Å²) in [7, 11) is 0. The molecular weight excluding hydrogens is 382 g/mol. The topological polar surface area (TPSA) is 62.3 Å². The number of nitrogens with zero attached hydrogens (tertiary/aromatic N) is 2. The zero-order valence-electron chi connectivity index (χ0n) is 16.1.